The first kappa shape index (κ1) is 12.4. The van der Waals surface area contributed by atoms with Gasteiger partial charge in [-0.1, -0.05) is 24.3 Å². The van der Waals surface area contributed by atoms with Gasteiger partial charge in [0.15, 0.2) is 0 Å². The van der Waals surface area contributed by atoms with Crippen LogP contribution < -0.4 is 11.1 Å². The van der Waals surface area contributed by atoms with Crippen molar-refractivity contribution in [3.63, 3.8) is 0 Å². The van der Waals surface area contributed by atoms with E-state index < -0.39 is 0 Å². The Morgan fingerprint density at radius 3 is 2.61 bits per heavy atom. The smallest absolute Gasteiger partial charge is 0.123 e. The predicted octanol–water partition coefficient (Wildman–Crippen LogP) is 2.18. The van der Waals surface area contributed by atoms with Gasteiger partial charge in [-0.3, -0.25) is 5.41 Å². The Morgan fingerprint density at radius 1 is 1.22 bits per heavy atom. The molecule has 0 amide bonds. The van der Waals surface area contributed by atoms with Crippen molar-refractivity contribution >= 4 is 22.3 Å². The average molecular weight is 243 g/mol. The monoisotopic (exact) mass is 243 g/mol. The van der Waals surface area contributed by atoms with Crippen LogP contribution in [0.2, 0.25) is 0 Å². The fraction of sp³-hybridized carbons (Fsp3) is 0.214. The van der Waals surface area contributed by atoms with Gasteiger partial charge in [0.25, 0.3) is 0 Å². The zero-order valence-electron chi connectivity index (χ0n) is 10.4. The molecule has 4 nitrogen and oxygen atoms in total. The van der Waals surface area contributed by atoms with Crippen molar-refractivity contribution in [3.05, 3.63) is 42.0 Å². The van der Waals surface area contributed by atoms with Gasteiger partial charge in [-0.05, 0) is 17.5 Å². The molecule has 0 aromatic heterocycles. The van der Waals surface area contributed by atoms with E-state index in [0.717, 1.165) is 28.6 Å². The van der Waals surface area contributed by atoms with Crippen LogP contribution in [-0.2, 0) is 4.74 Å². The Hall–Kier alpha value is -2.07. The summed E-state index contributed by atoms with van der Waals surface area (Å²) >= 11 is 0. The highest BCUT2D eigenvalue weighted by Crippen LogP contribution is 2.26. The van der Waals surface area contributed by atoms with Gasteiger partial charge < -0.3 is 15.8 Å². The van der Waals surface area contributed by atoms with Crippen LogP contribution in [0.5, 0.6) is 0 Å². The van der Waals surface area contributed by atoms with Crippen LogP contribution in [0.15, 0.2) is 36.4 Å². The summed E-state index contributed by atoms with van der Waals surface area (Å²) in [5.41, 5.74) is 7.40. The summed E-state index contributed by atoms with van der Waals surface area (Å²) < 4.78 is 5.02. The van der Waals surface area contributed by atoms with Crippen LogP contribution >= 0.6 is 0 Å². The lowest BCUT2D eigenvalue weighted by Gasteiger charge is -2.12. The molecule has 0 atom stereocenters. The fourth-order valence-electron chi connectivity index (χ4n) is 1.98. The lowest BCUT2D eigenvalue weighted by Crippen LogP contribution is -2.12. The van der Waals surface area contributed by atoms with E-state index in [-0.39, 0.29) is 5.84 Å². The van der Waals surface area contributed by atoms with E-state index in [4.69, 9.17) is 15.9 Å². The van der Waals surface area contributed by atoms with Crippen molar-refractivity contribution in [2.45, 2.75) is 0 Å². The average Bonchev–Trinajstić information content (AvgIpc) is 2.38. The zero-order valence-corrected chi connectivity index (χ0v) is 10.4. The maximum atomic E-state index is 7.59. The maximum Gasteiger partial charge on any atom is 0.123 e. The van der Waals surface area contributed by atoms with E-state index in [2.05, 4.69) is 5.32 Å². The number of nitrogens with one attached hydrogen (secondary N) is 2. The third-order valence-electron chi connectivity index (χ3n) is 2.84. The Morgan fingerprint density at radius 2 is 1.94 bits per heavy atom. The summed E-state index contributed by atoms with van der Waals surface area (Å²) in [7, 11) is 1.68. The molecule has 0 fully saturated rings. The van der Waals surface area contributed by atoms with E-state index >= 15 is 0 Å². The van der Waals surface area contributed by atoms with E-state index in [0.29, 0.717) is 6.61 Å². The van der Waals surface area contributed by atoms with Gasteiger partial charge in [0, 0.05) is 30.3 Å². The standard InChI is InChI=1S/C14H17N3O/c1-18-9-8-17-13-7-6-12(14(15)16)10-4-2-3-5-11(10)13/h2-7,17H,8-9H2,1H3,(H3,15,16). The number of methoxy groups -OCH3 is 1. The number of hydrogen-bond donors (Lipinski definition) is 3. The van der Waals surface area contributed by atoms with Gasteiger partial charge in [0.05, 0.1) is 6.61 Å². The van der Waals surface area contributed by atoms with Gasteiger partial charge in [0.2, 0.25) is 0 Å². The highest BCUT2D eigenvalue weighted by molar-refractivity contribution is 6.10. The number of amidine groups is 1. The van der Waals surface area contributed by atoms with Gasteiger partial charge in [-0.15, -0.1) is 0 Å². The lowest BCUT2D eigenvalue weighted by atomic mass is 10.0. The molecular weight excluding hydrogens is 226 g/mol. The SMILES string of the molecule is COCCNc1ccc(C(=N)N)c2ccccc12. The molecule has 18 heavy (non-hydrogen) atoms. The van der Waals surface area contributed by atoms with Crippen molar-refractivity contribution in [1.29, 1.82) is 5.41 Å². The van der Waals surface area contributed by atoms with Crippen LogP contribution in [0.1, 0.15) is 5.56 Å². The molecule has 2 aromatic rings. The molecule has 0 aliphatic rings. The predicted molar refractivity (Wildman–Crippen MR) is 75.3 cm³/mol. The second-order valence-electron chi connectivity index (χ2n) is 4.04. The number of benzene rings is 2. The first-order chi connectivity index (χ1) is 8.74. The zero-order chi connectivity index (χ0) is 13.0. The summed E-state index contributed by atoms with van der Waals surface area (Å²) in [6.07, 6.45) is 0. The van der Waals surface area contributed by atoms with Crippen LogP contribution in [0.25, 0.3) is 10.8 Å². The van der Waals surface area contributed by atoms with Gasteiger partial charge in [0.1, 0.15) is 5.84 Å². The number of hydrogen-bond acceptors (Lipinski definition) is 3. The summed E-state index contributed by atoms with van der Waals surface area (Å²) in [5, 5.41) is 13.0. The molecule has 0 unspecified atom stereocenters. The normalized spacial score (nSPS) is 10.5. The molecule has 0 aliphatic heterocycles. The van der Waals surface area contributed by atoms with Crippen LogP contribution in [0.4, 0.5) is 5.69 Å². The Balaban J connectivity index is 2.44. The molecule has 4 N–H and O–H groups in total. The summed E-state index contributed by atoms with van der Waals surface area (Å²) in [5.74, 6) is 0.0923. The lowest BCUT2D eigenvalue weighted by molar-refractivity contribution is 0.211. The second kappa shape index (κ2) is 5.51. The molecule has 0 saturated heterocycles. The molecule has 0 bridgehead atoms. The topological polar surface area (TPSA) is 71.1 Å². The molecule has 0 heterocycles. The Labute approximate surface area is 106 Å². The molecule has 0 saturated carbocycles. The number of fused-ring (bicyclic) bond motifs is 1. The summed E-state index contributed by atoms with van der Waals surface area (Å²) in [6.45, 7) is 1.41. The third-order valence-corrected chi connectivity index (χ3v) is 2.84. The van der Waals surface area contributed by atoms with Crippen molar-refractivity contribution in [2.75, 3.05) is 25.6 Å². The molecule has 0 radical (unpaired) electrons. The Kier molecular flexibility index (Phi) is 3.79. The van der Waals surface area contributed by atoms with Gasteiger partial charge >= 0.3 is 0 Å². The van der Waals surface area contributed by atoms with Crippen LogP contribution in [-0.4, -0.2) is 26.1 Å². The highest BCUT2D eigenvalue weighted by Gasteiger charge is 2.06. The minimum atomic E-state index is 0.0923. The molecule has 2 aromatic carbocycles. The molecule has 2 rings (SSSR count). The third kappa shape index (κ3) is 2.43. The van der Waals surface area contributed by atoms with E-state index in [1.807, 2.05) is 36.4 Å². The number of anilines is 1. The number of rotatable bonds is 5. The number of ether oxygens (including phenoxy) is 1. The molecule has 94 valence electrons. The first-order valence-electron chi connectivity index (χ1n) is 5.83. The van der Waals surface area contributed by atoms with E-state index in [9.17, 15) is 0 Å². The molecule has 0 aliphatic carbocycles. The minimum Gasteiger partial charge on any atom is -0.384 e. The van der Waals surface area contributed by atoms with Crippen molar-refractivity contribution in [1.82, 2.24) is 0 Å². The Bertz CT molecular complexity index is 566. The largest absolute Gasteiger partial charge is 0.384 e. The molecule has 0 spiro atoms. The van der Waals surface area contributed by atoms with Crippen molar-refractivity contribution in [3.8, 4) is 0 Å². The minimum absolute atomic E-state index is 0.0923. The van der Waals surface area contributed by atoms with Crippen molar-refractivity contribution < 1.29 is 4.74 Å². The quantitative estimate of drug-likeness (QED) is 0.428. The van der Waals surface area contributed by atoms with Crippen LogP contribution in [0.3, 0.4) is 0 Å². The summed E-state index contributed by atoms with van der Waals surface area (Å²) in [4.78, 5) is 0. The van der Waals surface area contributed by atoms with Crippen LogP contribution in [0, 0.1) is 5.41 Å². The first-order valence-corrected chi connectivity index (χ1v) is 5.83. The number of nitrogen functional groups attached to an aromatic ring is 1. The van der Waals surface area contributed by atoms with Gasteiger partial charge in [-0.2, -0.15) is 0 Å². The maximum absolute atomic E-state index is 7.59. The highest BCUT2D eigenvalue weighted by atomic mass is 16.5. The van der Waals surface area contributed by atoms with Gasteiger partial charge in [-0.25, -0.2) is 0 Å². The summed E-state index contributed by atoms with van der Waals surface area (Å²) in [6, 6.07) is 11.8. The van der Waals surface area contributed by atoms with E-state index in [1.165, 1.54) is 0 Å². The number of nitrogens with two attached hydrogens (primary N) is 1. The fourth-order valence-corrected chi connectivity index (χ4v) is 1.98. The van der Waals surface area contributed by atoms with Crippen molar-refractivity contribution in [2.24, 2.45) is 5.73 Å². The molecule has 4 heteroatoms. The van der Waals surface area contributed by atoms with E-state index in [1.54, 1.807) is 7.11 Å². The molecular formula is C14H17N3O. The second-order valence-corrected chi connectivity index (χ2v) is 4.04.